The minimum absolute atomic E-state index is 0.0230. The van der Waals surface area contributed by atoms with Gasteiger partial charge in [-0.2, -0.15) is 57.1 Å². The molecule has 0 unspecified atom stereocenters. The molecule has 0 bridgehead atoms. The van der Waals surface area contributed by atoms with Crippen LogP contribution in [0.3, 0.4) is 0 Å². The number of aryl methyl sites for hydroxylation is 2. The lowest BCUT2D eigenvalue weighted by Gasteiger charge is -2.39. The van der Waals surface area contributed by atoms with Crippen LogP contribution in [-0.2, 0) is 4.79 Å². The van der Waals surface area contributed by atoms with Crippen LogP contribution in [0, 0.1) is 13.8 Å². The van der Waals surface area contributed by atoms with Crippen molar-refractivity contribution in [2.24, 2.45) is 0 Å². The summed E-state index contributed by atoms with van der Waals surface area (Å²) in [5.74, 6) is -42.0. The third-order valence-electron chi connectivity index (χ3n) is 4.75. The van der Waals surface area contributed by atoms with Gasteiger partial charge in [0.05, 0.1) is 5.69 Å². The third-order valence-corrected chi connectivity index (χ3v) is 5.50. The molecule has 0 radical (unpaired) electrons. The van der Waals surface area contributed by atoms with E-state index in [4.69, 9.17) is 0 Å². The molecule has 2 aromatic rings. The minimum atomic E-state index is -8.08. The highest BCUT2D eigenvalue weighted by atomic mass is 32.1. The number of anilines is 1. The molecule has 1 amide bonds. The number of alkyl halides is 13. The average Bonchev–Trinajstić information content (AvgIpc) is 3.17. The predicted molar refractivity (Wildman–Crippen MR) is 96.4 cm³/mol. The summed E-state index contributed by atoms with van der Waals surface area (Å²) in [7, 11) is 0. The monoisotopic (exact) mass is 550 g/mol. The van der Waals surface area contributed by atoms with Gasteiger partial charge in [-0.05, 0) is 31.0 Å². The second kappa shape index (κ2) is 8.51. The molecule has 0 aliphatic heterocycles. The lowest BCUT2D eigenvalue weighted by atomic mass is 9.93. The van der Waals surface area contributed by atoms with Crippen molar-refractivity contribution >= 4 is 22.4 Å². The molecule has 0 fully saturated rings. The number of halogens is 13. The van der Waals surface area contributed by atoms with E-state index in [0.717, 1.165) is 21.8 Å². The maximum atomic E-state index is 13.9. The predicted octanol–water partition coefficient (Wildman–Crippen LogP) is 7.10. The number of rotatable bonds is 7. The van der Waals surface area contributed by atoms with Crippen LogP contribution in [0.5, 0.6) is 0 Å². The number of hydrogen-bond acceptors (Lipinski definition) is 3. The largest absolute Gasteiger partial charge is 0.460 e. The molecule has 196 valence electrons. The van der Waals surface area contributed by atoms with Gasteiger partial charge >= 0.3 is 41.7 Å². The van der Waals surface area contributed by atoms with Gasteiger partial charge in [0, 0.05) is 10.9 Å². The Bertz CT molecular complexity index is 1110. The van der Waals surface area contributed by atoms with Gasteiger partial charge in [-0.3, -0.25) is 10.1 Å². The first kappa shape index (κ1) is 28.6. The average molecular weight is 550 g/mol. The third kappa shape index (κ3) is 4.42. The number of hydrogen-bond donors (Lipinski definition) is 1. The van der Waals surface area contributed by atoms with E-state index >= 15 is 0 Å². The number of thiazole rings is 1. The molecule has 1 aromatic carbocycles. The van der Waals surface area contributed by atoms with E-state index in [1.807, 2.05) is 0 Å². The van der Waals surface area contributed by atoms with Gasteiger partial charge in [0.15, 0.2) is 5.13 Å². The first-order valence-electron chi connectivity index (χ1n) is 8.82. The van der Waals surface area contributed by atoms with Crippen molar-refractivity contribution in [2.45, 2.75) is 49.6 Å². The Morgan fingerprint density at radius 2 is 1.29 bits per heavy atom. The van der Waals surface area contributed by atoms with Crippen LogP contribution in [-0.4, -0.2) is 46.7 Å². The SMILES string of the molecule is Cc1ccc(-c2csc(NC(=O)C(F)(F)C(F)(F)C(F)(F)C(F)(F)C(F)(F)C(F)(F)F)n2)cc1C. The zero-order chi connectivity index (χ0) is 27.4. The Hall–Kier alpha value is -2.59. The highest BCUT2D eigenvalue weighted by Crippen LogP contribution is 2.60. The molecule has 17 heteroatoms. The van der Waals surface area contributed by atoms with Crippen LogP contribution < -0.4 is 5.32 Å². The van der Waals surface area contributed by atoms with E-state index in [1.165, 1.54) is 6.07 Å². The van der Waals surface area contributed by atoms with Crippen LogP contribution >= 0.6 is 11.3 Å². The Morgan fingerprint density at radius 3 is 1.77 bits per heavy atom. The van der Waals surface area contributed by atoms with Gasteiger partial charge < -0.3 is 0 Å². The molecule has 0 spiro atoms. The van der Waals surface area contributed by atoms with Crippen molar-refractivity contribution in [1.29, 1.82) is 0 Å². The van der Waals surface area contributed by atoms with Crippen molar-refractivity contribution in [1.82, 2.24) is 4.98 Å². The number of nitrogens with one attached hydrogen (secondary N) is 1. The van der Waals surface area contributed by atoms with Crippen molar-refractivity contribution in [3.8, 4) is 11.3 Å². The van der Waals surface area contributed by atoms with Crippen LogP contribution in [0.4, 0.5) is 62.2 Å². The fraction of sp³-hybridized carbons (Fsp3) is 0.444. The molecule has 0 atom stereocenters. The molecule has 3 nitrogen and oxygen atoms in total. The smallest absolute Gasteiger partial charge is 0.296 e. The molecular formula is C18H11F13N2OS. The van der Waals surface area contributed by atoms with Gasteiger partial charge in [0.1, 0.15) is 0 Å². The van der Waals surface area contributed by atoms with Crippen molar-refractivity contribution < 1.29 is 61.9 Å². The van der Waals surface area contributed by atoms with Gasteiger partial charge in [-0.1, -0.05) is 12.1 Å². The summed E-state index contributed by atoms with van der Waals surface area (Å²) < 4.78 is 171. The highest BCUT2D eigenvalue weighted by Gasteiger charge is 2.91. The fourth-order valence-electron chi connectivity index (χ4n) is 2.45. The number of carbonyl (C=O) groups excluding carboxylic acids is 1. The Morgan fingerprint density at radius 1 is 0.771 bits per heavy atom. The van der Waals surface area contributed by atoms with Crippen molar-refractivity contribution in [2.75, 3.05) is 5.32 Å². The van der Waals surface area contributed by atoms with E-state index in [1.54, 1.807) is 26.0 Å². The number of nitrogens with zero attached hydrogens (tertiary/aromatic N) is 1. The van der Waals surface area contributed by atoms with E-state index in [2.05, 4.69) is 4.98 Å². The molecule has 1 N–H and O–H groups in total. The molecule has 0 saturated heterocycles. The second-order valence-corrected chi connectivity index (χ2v) is 8.02. The van der Waals surface area contributed by atoms with Crippen molar-refractivity contribution in [3.63, 3.8) is 0 Å². The van der Waals surface area contributed by atoms with E-state index in [-0.39, 0.29) is 5.69 Å². The number of aromatic nitrogens is 1. The highest BCUT2D eigenvalue weighted by molar-refractivity contribution is 7.14. The molecule has 35 heavy (non-hydrogen) atoms. The lowest BCUT2D eigenvalue weighted by molar-refractivity contribution is -0.435. The summed E-state index contributed by atoms with van der Waals surface area (Å²) in [6.07, 6.45) is -7.53. The zero-order valence-electron chi connectivity index (χ0n) is 17.0. The summed E-state index contributed by atoms with van der Waals surface area (Å²) in [4.78, 5) is 15.2. The number of amides is 1. The van der Waals surface area contributed by atoms with Crippen LogP contribution in [0.25, 0.3) is 11.3 Å². The summed E-state index contributed by atoms with van der Waals surface area (Å²) in [5, 5.41) is 1.13. The summed E-state index contributed by atoms with van der Waals surface area (Å²) in [6, 6.07) is 4.63. The minimum Gasteiger partial charge on any atom is -0.296 e. The Labute approximate surface area is 190 Å². The summed E-state index contributed by atoms with van der Waals surface area (Å²) >= 11 is 0.304. The normalized spacial score (nSPS) is 14.3. The molecule has 2 rings (SSSR count). The van der Waals surface area contributed by atoms with Gasteiger partial charge in [0.2, 0.25) is 0 Å². The molecular weight excluding hydrogens is 539 g/mol. The quantitative estimate of drug-likeness (QED) is 0.374. The van der Waals surface area contributed by atoms with Gasteiger partial charge in [-0.15, -0.1) is 11.3 Å². The maximum absolute atomic E-state index is 13.9. The second-order valence-electron chi connectivity index (χ2n) is 7.16. The molecule has 1 heterocycles. The van der Waals surface area contributed by atoms with Gasteiger partial charge in [0.25, 0.3) is 0 Å². The van der Waals surface area contributed by atoms with Crippen LogP contribution in [0.15, 0.2) is 23.6 Å². The summed E-state index contributed by atoms with van der Waals surface area (Å²) in [5.41, 5.74) is 1.87. The standard InChI is InChI=1S/C18H11F13N2OS/c1-7-3-4-9(5-8(7)2)10-6-35-12(32-10)33-11(34)13(19,20)14(21,22)15(23,24)16(25,26)17(27,28)18(29,30)31/h3-6H,1-2H3,(H,32,33,34). The maximum Gasteiger partial charge on any atom is 0.460 e. The molecule has 0 aliphatic rings. The molecule has 0 aliphatic carbocycles. The number of benzene rings is 1. The van der Waals surface area contributed by atoms with Gasteiger partial charge in [-0.25, -0.2) is 4.98 Å². The Balaban J connectivity index is 2.37. The van der Waals surface area contributed by atoms with Crippen LogP contribution in [0.2, 0.25) is 0 Å². The van der Waals surface area contributed by atoms with E-state index < -0.39 is 46.8 Å². The van der Waals surface area contributed by atoms with Crippen LogP contribution in [0.1, 0.15) is 11.1 Å². The first-order valence-corrected chi connectivity index (χ1v) is 9.70. The zero-order valence-corrected chi connectivity index (χ0v) is 17.8. The molecule has 0 saturated carbocycles. The Kier molecular flexibility index (Phi) is 6.97. The van der Waals surface area contributed by atoms with E-state index in [0.29, 0.717) is 16.9 Å². The van der Waals surface area contributed by atoms with Crippen molar-refractivity contribution in [3.05, 3.63) is 34.7 Å². The summed E-state index contributed by atoms with van der Waals surface area (Å²) in [6.45, 7) is 3.41. The number of carbonyl (C=O) groups is 1. The fourth-order valence-corrected chi connectivity index (χ4v) is 3.17. The topological polar surface area (TPSA) is 42.0 Å². The lowest BCUT2D eigenvalue weighted by Crippen LogP contribution is -2.71. The molecule has 1 aromatic heterocycles. The first-order chi connectivity index (χ1) is 15.5. The van der Waals surface area contributed by atoms with E-state index in [9.17, 15) is 61.9 Å².